The topological polar surface area (TPSA) is 64.6 Å². The fraction of sp³-hybridized carbons (Fsp3) is 0.600. The molecule has 1 heterocycles. The molecule has 10 heavy (non-hydrogen) atoms. The number of hydrogen-bond donors (Lipinski definition) is 1. The van der Waals surface area contributed by atoms with Crippen LogP contribution >= 0.6 is 0 Å². The minimum absolute atomic E-state index is 0.0404. The van der Waals surface area contributed by atoms with Gasteiger partial charge in [0, 0.05) is 0 Å². The number of nitrogens with one attached hydrogen (secondary N) is 1. The fourth-order valence-electron chi connectivity index (χ4n) is 0.662. The number of carbonyl (C=O) groups is 2. The molecule has 1 fully saturated rings. The standard InChI is InChI=1S/C5H7NO4/c7-3-10-5-2-9-1-4(8)6-5/h3,5H,1-2H2,(H,6,8)/t5-/m1/s1. The first-order valence-corrected chi connectivity index (χ1v) is 2.79. The predicted molar refractivity (Wildman–Crippen MR) is 29.9 cm³/mol. The number of rotatable bonds is 2. The lowest BCUT2D eigenvalue weighted by molar-refractivity contribution is -0.151. The summed E-state index contributed by atoms with van der Waals surface area (Å²) in [7, 11) is 0. The molecule has 56 valence electrons. The van der Waals surface area contributed by atoms with E-state index in [2.05, 4.69) is 10.1 Å². The molecule has 0 aliphatic carbocycles. The molecule has 5 nitrogen and oxygen atoms in total. The van der Waals surface area contributed by atoms with Gasteiger partial charge in [0.15, 0.2) is 6.23 Å². The lowest BCUT2D eigenvalue weighted by Crippen LogP contribution is -2.46. The van der Waals surface area contributed by atoms with Crippen molar-refractivity contribution >= 4 is 12.4 Å². The highest BCUT2D eigenvalue weighted by molar-refractivity contribution is 5.78. The largest absolute Gasteiger partial charge is 0.441 e. The highest BCUT2D eigenvalue weighted by Gasteiger charge is 2.18. The molecule has 5 heteroatoms. The van der Waals surface area contributed by atoms with Crippen LogP contribution in [0.2, 0.25) is 0 Å². The maximum absolute atomic E-state index is 10.5. The van der Waals surface area contributed by atoms with Crippen LogP contribution in [0.5, 0.6) is 0 Å². The summed E-state index contributed by atoms with van der Waals surface area (Å²) >= 11 is 0. The van der Waals surface area contributed by atoms with E-state index in [0.29, 0.717) is 0 Å². The summed E-state index contributed by atoms with van der Waals surface area (Å²) < 4.78 is 9.17. The van der Waals surface area contributed by atoms with Crippen LogP contribution in [0.3, 0.4) is 0 Å². The van der Waals surface area contributed by atoms with E-state index in [1.165, 1.54) is 0 Å². The first kappa shape index (κ1) is 7.01. The van der Waals surface area contributed by atoms with Crippen molar-refractivity contribution in [3.63, 3.8) is 0 Å². The summed E-state index contributed by atoms with van der Waals surface area (Å²) in [5.74, 6) is -0.266. The molecule has 0 aromatic carbocycles. The van der Waals surface area contributed by atoms with Gasteiger partial charge >= 0.3 is 0 Å². The molecule has 1 saturated heterocycles. The quantitative estimate of drug-likeness (QED) is 0.487. The lowest BCUT2D eigenvalue weighted by atomic mass is 10.5. The molecule has 0 aromatic rings. The highest BCUT2D eigenvalue weighted by Crippen LogP contribution is 1.93. The molecule has 1 aliphatic rings. The zero-order chi connectivity index (χ0) is 7.40. The van der Waals surface area contributed by atoms with Crippen molar-refractivity contribution in [1.29, 1.82) is 0 Å². The molecule has 0 spiro atoms. The molecule has 0 aromatic heterocycles. The Morgan fingerprint density at radius 1 is 1.80 bits per heavy atom. The lowest BCUT2D eigenvalue weighted by Gasteiger charge is -2.20. The number of ether oxygens (including phenoxy) is 2. The molecule has 0 bridgehead atoms. The van der Waals surface area contributed by atoms with E-state index in [4.69, 9.17) is 4.74 Å². The molecule has 0 unspecified atom stereocenters. The summed E-state index contributed by atoms with van der Waals surface area (Å²) in [5.41, 5.74) is 0. The Labute approximate surface area is 57.3 Å². The van der Waals surface area contributed by atoms with Crippen molar-refractivity contribution in [1.82, 2.24) is 5.32 Å². The molecule has 0 radical (unpaired) electrons. The Morgan fingerprint density at radius 2 is 2.60 bits per heavy atom. The molecular formula is C5H7NO4. The van der Waals surface area contributed by atoms with E-state index in [1.807, 2.05) is 0 Å². The first-order valence-electron chi connectivity index (χ1n) is 2.79. The smallest absolute Gasteiger partial charge is 0.295 e. The Bertz CT molecular complexity index is 147. The third kappa shape index (κ3) is 1.70. The second-order valence-electron chi connectivity index (χ2n) is 1.80. The van der Waals surface area contributed by atoms with Crippen LogP contribution in [0.25, 0.3) is 0 Å². The molecule has 1 atom stereocenters. The van der Waals surface area contributed by atoms with Gasteiger partial charge in [0.1, 0.15) is 13.2 Å². The highest BCUT2D eigenvalue weighted by atomic mass is 16.6. The Kier molecular flexibility index (Phi) is 2.22. The zero-order valence-electron chi connectivity index (χ0n) is 5.20. The summed E-state index contributed by atoms with van der Waals surface area (Å²) in [5, 5.41) is 2.40. The van der Waals surface area contributed by atoms with Crippen LogP contribution in [0.15, 0.2) is 0 Å². The van der Waals surface area contributed by atoms with Gasteiger partial charge in [-0.25, -0.2) is 0 Å². The van der Waals surface area contributed by atoms with Gasteiger partial charge in [-0.05, 0) is 0 Å². The van der Waals surface area contributed by atoms with Gasteiger partial charge in [0.05, 0.1) is 0 Å². The van der Waals surface area contributed by atoms with Gasteiger partial charge in [0.25, 0.3) is 6.47 Å². The van der Waals surface area contributed by atoms with Crippen LogP contribution in [0, 0.1) is 0 Å². The van der Waals surface area contributed by atoms with E-state index < -0.39 is 6.23 Å². The van der Waals surface area contributed by atoms with Gasteiger partial charge in [-0.3, -0.25) is 9.59 Å². The predicted octanol–water partition coefficient (Wildman–Crippen LogP) is -1.37. The van der Waals surface area contributed by atoms with E-state index in [1.54, 1.807) is 0 Å². The van der Waals surface area contributed by atoms with Crippen LogP contribution in [0.1, 0.15) is 0 Å². The SMILES string of the molecule is O=CO[C@@H]1COCC(=O)N1. The van der Waals surface area contributed by atoms with E-state index in [9.17, 15) is 9.59 Å². The van der Waals surface area contributed by atoms with Crippen LogP contribution in [0.4, 0.5) is 0 Å². The van der Waals surface area contributed by atoms with Crippen molar-refractivity contribution in [2.24, 2.45) is 0 Å². The summed E-state index contributed by atoms with van der Waals surface area (Å²) in [6.45, 7) is 0.544. The summed E-state index contributed by atoms with van der Waals surface area (Å²) in [4.78, 5) is 20.3. The Morgan fingerprint density at radius 3 is 3.20 bits per heavy atom. The van der Waals surface area contributed by atoms with Crippen molar-refractivity contribution < 1.29 is 19.1 Å². The number of morpholine rings is 1. The molecule has 1 amide bonds. The summed E-state index contributed by atoms with van der Waals surface area (Å²) in [6, 6.07) is 0. The second kappa shape index (κ2) is 3.17. The maximum atomic E-state index is 10.5. The summed E-state index contributed by atoms with van der Waals surface area (Å²) in [6.07, 6.45) is -0.612. The van der Waals surface area contributed by atoms with Crippen LogP contribution in [-0.2, 0) is 19.1 Å². The zero-order valence-corrected chi connectivity index (χ0v) is 5.20. The average Bonchev–Trinajstić information content (AvgIpc) is 1.88. The molecule has 1 N–H and O–H groups in total. The monoisotopic (exact) mass is 145 g/mol. The average molecular weight is 145 g/mol. The molecule has 1 rings (SSSR count). The van der Waals surface area contributed by atoms with Crippen LogP contribution < -0.4 is 5.32 Å². The number of carbonyl (C=O) groups excluding carboxylic acids is 2. The fourth-order valence-corrected chi connectivity index (χ4v) is 0.662. The molecule has 0 saturated carbocycles. The minimum Gasteiger partial charge on any atom is -0.441 e. The third-order valence-electron chi connectivity index (χ3n) is 1.04. The van der Waals surface area contributed by atoms with Crippen molar-refractivity contribution in [3.8, 4) is 0 Å². The van der Waals surface area contributed by atoms with Gasteiger partial charge in [-0.15, -0.1) is 0 Å². The third-order valence-corrected chi connectivity index (χ3v) is 1.04. The Hall–Kier alpha value is -1.10. The normalized spacial score (nSPS) is 25.2. The van der Waals surface area contributed by atoms with E-state index in [-0.39, 0.29) is 25.6 Å². The van der Waals surface area contributed by atoms with Gasteiger partial charge in [-0.1, -0.05) is 0 Å². The van der Waals surface area contributed by atoms with E-state index >= 15 is 0 Å². The van der Waals surface area contributed by atoms with Gasteiger partial charge in [0.2, 0.25) is 5.91 Å². The van der Waals surface area contributed by atoms with Crippen LogP contribution in [-0.4, -0.2) is 31.8 Å². The van der Waals surface area contributed by atoms with Gasteiger partial charge < -0.3 is 14.8 Å². The van der Waals surface area contributed by atoms with E-state index in [0.717, 1.165) is 0 Å². The van der Waals surface area contributed by atoms with Crippen molar-refractivity contribution in [2.75, 3.05) is 13.2 Å². The maximum Gasteiger partial charge on any atom is 0.295 e. The van der Waals surface area contributed by atoms with Gasteiger partial charge in [-0.2, -0.15) is 0 Å². The second-order valence-corrected chi connectivity index (χ2v) is 1.80. The number of hydrogen-bond acceptors (Lipinski definition) is 4. The molecule has 1 aliphatic heterocycles. The van der Waals surface area contributed by atoms with Crippen molar-refractivity contribution in [3.05, 3.63) is 0 Å². The molecular weight excluding hydrogens is 138 g/mol. The Balaban J connectivity index is 2.31. The minimum atomic E-state index is -0.612. The first-order chi connectivity index (χ1) is 4.83. The number of amides is 1. The van der Waals surface area contributed by atoms with Crippen molar-refractivity contribution in [2.45, 2.75) is 6.23 Å².